The van der Waals surface area contributed by atoms with E-state index >= 15 is 0 Å². The van der Waals surface area contributed by atoms with E-state index in [1.54, 1.807) is 7.11 Å². The fourth-order valence-corrected chi connectivity index (χ4v) is 3.64. The number of nitrogens with one attached hydrogen (secondary N) is 1. The summed E-state index contributed by atoms with van der Waals surface area (Å²) in [6.07, 6.45) is 6.10. The van der Waals surface area contributed by atoms with Gasteiger partial charge in [0.1, 0.15) is 5.75 Å². The maximum atomic E-state index is 12.5. The van der Waals surface area contributed by atoms with Gasteiger partial charge in [-0.3, -0.25) is 9.59 Å². The zero-order valence-electron chi connectivity index (χ0n) is 13.6. The maximum absolute atomic E-state index is 12.5. The molecule has 1 atom stereocenters. The summed E-state index contributed by atoms with van der Waals surface area (Å²) in [6, 6.07) is 7.67. The normalized spacial score (nSPS) is 22.2. The topological polar surface area (TPSA) is 58.6 Å². The van der Waals surface area contributed by atoms with Crippen molar-refractivity contribution in [1.29, 1.82) is 0 Å². The molecule has 1 heterocycles. The van der Waals surface area contributed by atoms with E-state index in [0.717, 1.165) is 12.8 Å². The average molecular weight is 316 g/mol. The molecule has 2 aliphatic rings. The van der Waals surface area contributed by atoms with E-state index in [1.165, 1.54) is 19.3 Å². The lowest BCUT2D eigenvalue weighted by Crippen LogP contribution is -2.38. The third-order valence-corrected chi connectivity index (χ3v) is 4.91. The molecule has 2 fully saturated rings. The molecule has 2 amide bonds. The average Bonchev–Trinajstić information content (AvgIpc) is 2.98. The van der Waals surface area contributed by atoms with Crippen LogP contribution < -0.4 is 10.1 Å². The van der Waals surface area contributed by atoms with E-state index in [-0.39, 0.29) is 17.7 Å². The van der Waals surface area contributed by atoms with Crippen LogP contribution in [0.5, 0.6) is 5.75 Å². The number of ether oxygens (including phenoxy) is 1. The Balaban J connectivity index is 1.63. The number of para-hydroxylation sites is 2. The molecule has 1 aromatic carbocycles. The summed E-state index contributed by atoms with van der Waals surface area (Å²) in [5.41, 5.74) is 0.656. The predicted octanol–water partition coefficient (Wildman–Crippen LogP) is 2.81. The number of hydrogen-bond acceptors (Lipinski definition) is 3. The van der Waals surface area contributed by atoms with Crippen molar-refractivity contribution in [2.45, 2.75) is 44.6 Å². The van der Waals surface area contributed by atoms with Crippen LogP contribution in [0.3, 0.4) is 0 Å². The molecule has 0 aromatic heterocycles. The highest BCUT2D eigenvalue weighted by Crippen LogP contribution is 2.30. The second-order valence-corrected chi connectivity index (χ2v) is 6.43. The van der Waals surface area contributed by atoms with Gasteiger partial charge in [0.2, 0.25) is 11.8 Å². The van der Waals surface area contributed by atoms with Crippen molar-refractivity contribution in [2.75, 3.05) is 19.0 Å². The molecule has 0 radical (unpaired) electrons. The largest absolute Gasteiger partial charge is 0.495 e. The fourth-order valence-electron chi connectivity index (χ4n) is 3.64. The van der Waals surface area contributed by atoms with Gasteiger partial charge in [0, 0.05) is 19.0 Å². The Hall–Kier alpha value is -2.04. The Labute approximate surface area is 137 Å². The Morgan fingerprint density at radius 1 is 1.22 bits per heavy atom. The molecular formula is C18H24N2O3. The molecule has 5 heteroatoms. The van der Waals surface area contributed by atoms with Gasteiger partial charge >= 0.3 is 0 Å². The smallest absolute Gasteiger partial charge is 0.229 e. The second kappa shape index (κ2) is 7.02. The van der Waals surface area contributed by atoms with Gasteiger partial charge in [-0.1, -0.05) is 31.4 Å². The number of carbonyl (C=O) groups excluding carboxylic acids is 2. The molecule has 1 N–H and O–H groups in total. The lowest BCUT2D eigenvalue weighted by molar-refractivity contribution is -0.130. The number of amides is 2. The highest BCUT2D eigenvalue weighted by atomic mass is 16.5. The number of anilines is 1. The molecule has 1 unspecified atom stereocenters. The number of methoxy groups -OCH3 is 1. The molecule has 23 heavy (non-hydrogen) atoms. The summed E-state index contributed by atoms with van der Waals surface area (Å²) in [5, 5.41) is 2.90. The van der Waals surface area contributed by atoms with Gasteiger partial charge in [-0.2, -0.15) is 0 Å². The molecule has 1 aromatic rings. The minimum Gasteiger partial charge on any atom is -0.495 e. The molecule has 0 bridgehead atoms. The van der Waals surface area contributed by atoms with Crippen LogP contribution in [0.1, 0.15) is 38.5 Å². The van der Waals surface area contributed by atoms with Gasteiger partial charge in [-0.15, -0.1) is 0 Å². The van der Waals surface area contributed by atoms with E-state index in [1.807, 2.05) is 29.2 Å². The van der Waals surface area contributed by atoms with E-state index in [9.17, 15) is 9.59 Å². The minimum atomic E-state index is -0.269. The van der Waals surface area contributed by atoms with Crippen molar-refractivity contribution in [2.24, 2.45) is 5.92 Å². The summed E-state index contributed by atoms with van der Waals surface area (Å²) in [6.45, 7) is 0.546. The van der Waals surface area contributed by atoms with Crippen LogP contribution in [0, 0.1) is 5.92 Å². The summed E-state index contributed by atoms with van der Waals surface area (Å²) in [5.74, 6) is 0.391. The van der Waals surface area contributed by atoms with E-state index in [4.69, 9.17) is 4.74 Å². The first-order valence-electron chi connectivity index (χ1n) is 8.42. The lowest BCUT2D eigenvalue weighted by atomic mass is 9.94. The van der Waals surface area contributed by atoms with Gasteiger partial charge in [0.25, 0.3) is 0 Å². The first-order chi connectivity index (χ1) is 11.2. The Morgan fingerprint density at radius 3 is 2.70 bits per heavy atom. The van der Waals surface area contributed by atoms with Gasteiger partial charge in [-0.05, 0) is 25.0 Å². The third-order valence-electron chi connectivity index (χ3n) is 4.91. The first kappa shape index (κ1) is 15.8. The van der Waals surface area contributed by atoms with E-state index in [2.05, 4.69) is 5.32 Å². The molecule has 124 valence electrons. The summed E-state index contributed by atoms with van der Waals surface area (Å²) >= 11 is 0. The van der Waals surface area contributed by atoms with Crippen molar-refractivity contribution in [3.63, 3.8) is 0 Å². The zero-order valence-corrected chi connectivity index (χ0v) is 13.6. The van der Waals surface area contributed by atoms with Gasteiger partial charge in [-0.25, -0.2) is 0 Å². The van der Waals surface area contributed by atoms with E-state index < -0.39 is 0 Å². The molecule has 3 rings (SSSR count). The van der Waals surface area contributed by atoms with Crippen LogP contribution >= 0.6 is 0 Å². The lowest BCUT2D eigenvalue weighted by Gasteiger charge is -2.31. The third kappa shape index (κ3) is 3.49. The molecule has 1 saturated carbocycles. The number of rotatable bonds is 4. The Morgan fingerprint density at radius 2 is 1.96 bits per heavy atom. The number of benzene rings is 1. The van der Waals surface area contributed by atoms with Gasteiger partial charge < -0.3 is 15.0 Å². The molecule has 5 nitrogen and oxygen atoms in total. The van der Waals surface area contributed by atoms with Crippen LogP contribution in [-0.4, -0.2) is 36.4 Å². The molecular weight excluding hydrogens is 292 g/mol. The maximum Gasteiger partial charge on any atom is 0.229 e. The number of carbonyl (C=O) groups is 2. The van der Waals surface area contributed by atoms with Gasteiger partial charge in [0.05, 0.1) is 18.7 Å². The summed E-state index contributed by atoms with van der Waals surface area (Å²) in [7, 11) is 1.58. The molecule has 1 saturated heterocycles. The van der Waals surface area contributed by atoms with Gasteiger partial charge in [0.15, 0.2) is 0 Å². The summed E-state index contributed by atoms with van der Waals surface area (Å²) in [4.78, 5) is 26.7. The molecule has 1 aliphatic heterocycles. The number of nitrogens with zero attached hydrogens (tertiary/aromatic N) is 1. The second-order valence-electron chi connectivity index (χ2n) is 6.43. The fraction of sp³-hybridized carbons (Fsp3) is 0.556. The highest BCUT2D eigenvalue weighted by Gasteiger charge is 2.38. The standard InChI is InChI=1S/C18H24N2O3/c1-23-16-10-6-5-9-15(16)19-18(22)13-11-17(21)20(12-13)14-7-3-2-4-8-14/h5-6,9-10,13-14H,2-4,7-8,11-12H2,1H3,(H,19,22). The predicted molar refractivity (Wildman–Crippen MR) is 88.3 cm³/mol. The molecule has 1 aliphatic carbocycles. The molecule has 0 spiro atoms. The first-order valence-corrected chi connectivity index (χ1v) is 8.42. The highest BCUT2D eigenvalue weighted by molar-refractivity contribution is 5.98. The monoisotopic (exact) mass is 316 g/mol. The Bertz CT molecular complexity index is 581. The van der Waals surface area contributed by atoms with Crippen LogP contribution in [-0.2, 0) is 9.59 Å². The minimum absolute atomic E-state index is 0.0961. The van der Waals surface area contributed by atoms with Crippen molar-refractivity contribution in [3.05, 3.63) is 24.3 Å². The quantitative estimate of drug-likeness (QED) is 0.929. The Kier molecular flexibility index (Phi) is 4.84. The number of hydrogen-bond donors (Lipinski definition) is 1. The van der Waals surface area contributed by atoms with Crippen molar-refractivity contribution in [1.82, 2.24) is 4.90 Å². The van der Waals surface area contributed by atoms with Crippen LogP contribution in [0.4, 0.5) is 5.69 Å². The van der Waals surface area contributed by atoms with Crippen LogP contribution in [0.25, 0.3) is 0 Å². The zero-order chi connectivity index (χ0) is 16.2. The number of likely N-dealkylation sites (tertiary alicyclic amines) is 1. The van der Waals surface area contributed by atoms with Crippen molar-refractivity contribution >= 4 is 17.5 Å². The van der Waals surface area contributed by atoms with E-state index in [0.29, 0.717) is 30.4 Å². The van der Waals surface area contributed by atoms with Crippen LogP contribution in [0.15, 0.2) is 24.3 Å². The van der Waals surface area contributed by atoms with Crippen LogP contribution in [0.2, 0.25) is 0 Å². The van der Waals surface area contributed by atoms with Crippen molar-refractivity contribution in [3.8, 4) is 5.75 Å². The SMILES string of the molecule is COc1ccccc1NC(=O)C1CC(=O)N(C2CCCCC2)C1. The summed E-state index contributed by atoms with van der Waals surface area (Å²) < 4.78 is 5.25. The van der Waals surface area contributed by atoms with Crippen molar-refractivity contribution < 1.29 is 14.3 Å².